The second kappa shape index (κ2) is 5.72. The number of rotatable bonds is 3. The zero-order chi connectivity index (χ0) is 17.9. The Morgan fingerprint density at radius 3 is 2.00 bits per heavy atom. The summed E-state index contributed by atoms with van der Waals surface area (Å²) in [6.45, 7) is 13.8. The number of hydrogen-bond acceptors (Lipinski definition) is 6. The molecule has 0 spiro atoms. The van der Waals surface area contributed by atoms with Crippen molar-refractivity contribution < 1.29 is 5.21 Å². The SMILES string of the molecule is C[Si](C)(C)c1cc2c(s1)-c1sc([Si](C)(C)C)cc1C(N=O)/C2=N/O. The summed E-state index contributed by atoms with van der Waals surface area (Å²) in [6, 6.07) is 3.54. The van der Waals surface area contributed by atoms with E-state index in [1.165, 1.54) is 9.00 Å². The minimum absolute atomic E-state index is 0.396. The third kappa shape index (κ3) is 2.75. The third-order valence-electron chi connectivity index (χ3n) is 4.22. The highest BCUT2D eigenvalue weighted by molar-refractivity contribution is 7.34. The van der Waals surface area contributed by atoms with E-state index in [0.717, 1.165) is 20.9 Å². The molecule has 0 bridgehead atoms. The molecule has 1 unspecified atom stereocenters. The van der Waals surface area contributed by atoms with Gasteiger partial charge in [0.15, 0.2) is 6.04 Å². The Bertz CT molecular complexity index is 841. The number of fused-ring (bicyclic) bond motifs is 3. The Morgan fingerprint density at radius 2 is 1.50 bits per heavy atom. The van der Waals surface area contributed by atoms with Crippen molar-refractivity contribution in [1.82, 2.24) is 0 Å². The summed E-state index contributed by atoms with van der Waals surface area (Å²) in [5.74, 6) is 0. The monoisotopic (exact) mass is 394 g/mol. The average molecular weight is 395 g/mol. The van der Waals surface area contributed by atoms with Crippen molar-refractivity contribution in [3.05, 3.63) is 28.2 Å². The maximum absolute atomic E-state index is 11.6. The van der Waals surface area contributed by atoms with Crippen LogP contribution in [-0.2, 0) is 0 Å². The van der Waals surface area contributed by atoms with E-state index in [-0.39, 0.29) is 0 Å². The van der Waals surface area contributed by atoms with Crippen molar-refractivity contribution in [1.29, 1.82) is 0 Å². The van der Waals surface area contributed by atoms with Gasteiger partial charge in [-0.25, -0.2) is 0 Å². The Hall–Kier alpha value is -1.10. The summed E-state index contributed by atoms with van der Waals surface area (Å²) in [7, 11) is -2.98. The molecule has 3 rings (SSSR count). The number of nitrogens with zero attached hydrogens (tertiary/aromatic N) is 2. The maximum Gasteiger partial charge on any atom is 0.164 e. The molecule has 2 heterocycles. The molecule has 0 amide bonds. The van der Waals surface area contributed by atoms with E-state index in [2.05, 4.69) is 61.7 Å². The number of oxime groups is 1. The van der Waals surface area contributed by atoms with Crippen molar-refractivity contribution >= 4 is 53.5 Å². The molecule has 2 aromatic heterocycles. The highest BCUT2D eigenvalue weighted by Crippen LogP contribution is 2.46. The molecular formula is C16H22N2O2S2Si2. The van der Waals surface area contributed by atoms with Crippen LogP contribution >= 0.6 is 22.7 Å². The fourth-order valence-corrected chi connectivity index (χ4v) is 9.04. The van der Waals surface area contributed by atoms with Gasteiger partial charge in [0.2, 0.25) is 0 Å². The molecule has 128 valence electrons. The lowest BCUT2D eigenvalue weighted by molar-refractivity contribution is 0.317. The standard InChI is InChI=1S/C16H22N2O2S2Si2/c1-23(2,3)11-7-9-13(17-19)14(18-20)10-8-12(24(4,5)6)22-16(10)15(9)21-11/h7-8,13,20H,1-6H3/b18-14+. The molecule has 4 nitrogen and oxygen atoms in total. The topological polar surface area (TPSA) is 62.0 Å². The lowest BCUT2D eigenvalue weighted by Crippen LogP contribution is -2.35. The minimum Gasteiger partial charge on any atom is -0.411 e. The van der Waals surface area contributed by atoms with Crippen LogP contribution in [-0.4, -0.2) is 27.1 Å². The van der Waals surface area contributed by atoms with E-state index in [1.54, 1.807) is 22.7 Å². The fraction of sp³-hybridized carbons (Fsp3) is 0.438. The van der Waals surface area contributed by atoms with Gasteiger partial charge in [-0.2, -0.15) is 0 Å². The summed E-state index contributed by atoms with van der Waals surface area (Å²) >= 11 is 3.59. The van der Waals surface area contributed by atoms with Gasteiger partial charge in [-0.05, 0) is 21.1 Å². The predicted molar refractivity (Wildman–Crippen MR) is 110 cm³/mol. The van der Waals surface area contributed by atoms with Gasteiger partial charge in [0, 0.05) is 11.1 Å². The van der Waals surface area contributed by atoms with Gasteiger partial charge < -0.3 is 5.21 Å². The van der Waals surface area contributed by atoms with Gasteiger partial charge >= 0.3 is 0 Å². The van der Waals surface area contributed by atoms with Gasteiger partial charge in [-0.1, -0.05) is 49.6 Å². The van der Waals surface area contributed by atoms with Gasteiger partial charge in [0.1, 0.15) is 5.71 Å². The first-order chi connectivity index (χ1) is 11.1. The summed E-state index contributed by atoms with van der Waals surface area (Å²) in [6.07, 6.45) is 0. The number of nitroso groups, excluding NO2 is 1. The van der Waals surface area contributed by atoms with Crippen LogP contribution in [0.4, 0.5) is 0 Å². The molecule has 2 aromatic rings. The van der Waals surface area contributed by atoms with Gasteiger partial charge in [-0.3, -0.25) is 0 Å². The van der Waals surface area contributed by atoms with E-state index in [4.69, 9.17) is 0 Å². The molecule has 1 aliphatic rings. The molecule has 0 saturated heterocycles. The zero-order valence-corrected chi connectivity index (χ0v) is 18.4. The van der Waals surface area contributed by atoms with Crippen LogP contribution in [0.2, 0.25) is 39.3 Å². The lowest BCUT2D eigenvalue weighted by atomic mass is 9.92. The third-order valence-corrected chi connectivity index (χ3v) is 13.8. The van der Waals surface area contributed by atoms with Crippen LogP contribution < -0.4 is 9.00 Å². The molecule has 8 heteroatoms. The highest BCUT2D eigenvalue weighted by atomic mass is 32.1. The first kappa shape index (κ1) is 17.7. The van der Waals surface area contributed by atoms with E-state index in [0.29, 0.717) is 5.71 Å². The van der Waals surface area contributed by atoms with Crippen LogP contribution in [0.3, 0.4) is 0 Å². The molecule has 1 atom stereocenters. The normalized spacial score (nSPS) is 19.2. The Labute approximate surface area is 152 Å². The van der Waals surface area contributed by atoms with Gasteiger partial charge in [0.25, 0.3) is 0 Å². The summed E-state index contributed by atoms with van der Waals surface area (Å²) < 4.78 is 2.71. The second-order valence-corrected chi connectivity index (χ2v) is 21.1. The predicted octanol–water partition coefficient (Wildman–Crippen LogP) is 4.57. The Kier molecular flexibility index (Phi) is 4.22. The van der Waals surface area contributed by atoms with Crippen LogP contribution in [0, 0.1) is 4.91 Å². The molecule has 0 aliphatic heterocycles. The van der Waals surface area contributed by atoms with Gasteiger partial charge in [0.05, 0.1) is 25.9 Å². The summed E-state index contributed by atoms with van der Waals surface area (Å²) in [5, 5.41) is 16.3. The molecular weight excluding hydrogens is 372 g/mol. The molecule has 0 aromatic carbocycles. The molecule has 1 aliphatic carbocycles. The second-order valence-electron chi connectivity index (χ2n) is 8.24. The quantitative estimate of drug-likeness (QED) is 0.359. The van der Waals surface area contributed by atoms with Crippen molar-refractivity contribution in [2.45, 2.75) is 45.3 Å². The van der Waals surface area contributed by atoms with E-state index < -0.39 is 22.2 Å². The molecule has 0 radical (unpaired) electrons. The van der Waals surface area contributed by atoms with Crippen LogP contribution in [0.15, 0.2) is 22.5 Å². The highest BCUT2D eigenvalue weighted by Gasteiger charge is 2.38. The van der Waals surface area contributed by atoms with Crippen LogP contribution in [0.5, 0.6) is 0 Å². The molecule has 0 saturated carbocycles. The van der Waals surface area contributed by atoms with E-state index >= 15 is 0 Å². The van der Waals surface area contributed by atoms with E-state index in [1.807, 2.05) is 0 Å². The summed E-state index contributed by atoms with van der Waals surface area (Å²) in [5.41, 5.74) is 2.20. The molecule has 0 fully saturated rings. The average Bonchev–Trinajstić information content (AvgIpc) is 3.07. The Balaban J connectivity index is 2.31. The lowest BCUT2D eigenvalue weighted by Gasteiger charge is -2.17. The van der Waals surface area contributed by atoms with E-state index in [9.17, 15) is 10.1 Å². The number of thiophene rings is 2. The van der Waals surface area contributed by atoms with Crippen molar-refractivity contribution in [2.24, 2.45) is 10.3 Å². The van der Waals surface area contributed by atoms with Crippen molar-refractivity contribution in [3.63, 3.8) is 0 Å². The maximum atomic E-state index is 11.6. The van der Waals surface area contributed by atoms with Crippen LogP contribution in [0.25, 0.3) is 9.75 Å². The minimum atomic E-state index is -1.49. The first-order valence-corrected chi connectivity index (χ1v) is 16.5. The van der Waals surface area contributed by atoms with Gasteiger partial charge in [-0.15, -0.1) is 27.6 Å². The summed E-state index contributed by atoms with van der Waals surface area (Å²) in [4.78, 5) is 13.8. The van der Waals surface area contributed by atoms with Crippen molar-refractivity contribution in [3.8, 4) is 9.75 Å². The van der Waals surface area contributed by atoms with Crippen LogP contribution in [0.1, 0.15) is 17.2 Å². The fourth-order valence-electron chi connectivity index (χ4n) is 2.78. The van der Waals surface area contributed by atoms with Crippen molar-refractivity contribution in [2.75, 3.05) is 0 Å². The Morgan fingerprint density at radius 1 is 0.958 bits per heavy atom. The largest absolute Gasteiger partial charge is 0.411 e. The molecule has 1 N–H and O–H groups in total. The molecule has 24 heavy (non-hydrogen) atoms. The first-order valence-electron chi connectivity index (χ1n) is 7.91. The zero-order valence-electron chi connectivity index (χ0n) is 14.8. The number of hydrogen-bond donors (Lipinski definition) is 1. The smallest absolute Gasteiger partial charge is 0.164 e.